The zero-order valence-corrected chi connectivity index (χ0v) is 15.4. The van der Waals surface area contributed by atoms with Crippen LogP contribution in [0.4, 0.5) is 5.69 Å². The molecule has 3 rings (SSSR count). The third kappa shape index (κ3) is 3.08. The standard InChI is InChI=1S/C20H16ClNO5/c1-11-8-13(20(25)26)9-14-16(11)17(19(24)22(14)15(23)10-21)18(27-2)12-6-4-3-5-7-12/h3-9H,10H2,1-2H3,(H,25,26). The molecule has 1 N–H and O–H groups in total. The number of alkyl halides is 1. The summed E-state index contributed by atoms with van der Waals surface area (Å²) in [7, 11) is 1.44. The number of carbonyl (C=O) groups excluding carboxylic acids is 2. The fourth-order valence-corrected chi connectivity index (χ4v) is 3.31. The number of aromatic carboxylic acids is 1. The number of carboxylic acids is 1. The Morgan fingerprint density at radius 3 is 2.37 bits per heavy atom. The first-order chi connectivity index (χ1) is 12.9. The van der Waals surface area contributed by atoms with Gasteiger partial charge in [0.05, 0.1) is 23.9 Å². The lowest BCUT2D eigenvalue weighted by Gasteiger charge is -2.14. The van der Waals surface area contributed by atoms with E-state index >= 15 is 0 Å². The van der Waals surface area contributed by atoms with E-state index < -0.39 is 23.7 Å². The third-order valence-electron chi connectivity index (χ3n) is 4.30. The second kappa shape index (κ2) is 7.25. The van der Waals surface area contributed by atoms with Crippen LogP contribution in [0.25, 0.3) is 11.3 Å². The van der Waals surface area contributed by atoms with Crippen LogP contribution in [-0.4, -0.2) is 35.9 Å². The minimum Gasteiger partial charge on any atom is -0.495 e. The number of methoxy groups -OCH3 is 1. The summed E-state index contributed by atoms with van der Waals surface area (Å²) in [5.74, 6) is -2.50. The molecule has 0 saturated carbocycles. The molecule has 0 spiro atoms. The predicted octanol–water partition coefficient (Wildman–Crippen LogP) is 3.32. The van der Waals surface area contributed by atoms with Crippen molar-refractivity contribution in [1.82, 2.24) is 0 Å². The van der Waals surface area contributed by atoms with E-state index in [1.807, 2.05) is 6.07 Å². The van der Waals surface area contributed by atoms with Crippen molar-refractivity contribution < 1.29 is 24.2 Å². The number of nitrogens with zero attached hydrogens (tertiary/aromatic N) is 1. The highest BCUT2D eigenvalue weighted by molar-refractivity contribution is 6.46. The van der Waals surface area contributed by atoms with Crippen LogP contribution in [0.3, 0.4) is 0 Å². The Balaban J connectivity index is 2.37. The lowest BCUT2D eigenvalue weighted by atomic mass is 9.96. The SMILES string of the molecule is COC(=C1C(=O)N(C(=O)CCl)c2cc(C(=O)O)cc(C)c21)c1ccccc1. The molecule has 27 heavy (non-hydrogen) atoms. The molecule has 1 aliphatic rings. The van der Waals surface area contributed by atoms with Gasteiger partial charge in [0.25, 0.3) is 5.91 Å². The van der Waals surface area contributed by atoms with Gasteiger partial charge in [-0.15, -0.1) is 11.6 Å². The van der Waals surface area contributed by atoms with E-state index in [9.17, 15) is 19.5 Å². The van der Waals surface area contributed by atoms with Crippen molar-refractivity contribution in [3.63, 3.8) is 0 Å². The highest BCUT2D eigenvalue weighted by Gasteiger charge is 2.40. The van der Waals surface area contributed by atoms with E-state index in [1.54, 1.807) is 31.2 Å². The molecule has 138 valence electrons. The Morgan fingerprint density at radius 2 is 1.81 bits per heavy atom. The quantitative estimate of drug-likeness (QED) is 0.496. The molecule has 0 unspecified atom stereocenters. The first-order valence-electron chi connectivity index (χ1n) is 8.06. The number of hydrogen-bond donors (Lipinski definition) is 1. The number of carboxylic acid groups (broad SMARTS) is 1. The van der Waals surface area contributed by atoms with Crippen LogP contribution >= 0.6 is 11.6 Å². The van der Waals surface area contributed by atoms with Crippen LogP contribution < -0.4 is 4.90 Å². The molecule has 0 aliphatic carbocycles. The largest absolute Gasteiger partial charge is 0.495 e. The number of imide groups is 1. The zero-order valence-electron chi connectivity index (χ0n) is 14.7. The summed E-state index contributed by atoms with van der Waals surface area (Å²) in [6.07, 6.45) is 0. The highest BCUT2D eigenvalue weighted by Crippen LogP contribution is 2.43. The van der Waals surface area contributed by atoms with Gasteiger partial charge in [0.1, 0.15) is 11.6 Å². The molecule has 0 fully saturated rings. The maximum atomic E-state index is 13.1. The summed E-state index contributed by atoms with van der Waals surface area (Å²) in [5.41, 5.74) is 2.05. The number of benzene rings is 2. The van der Waals surface area contributed by atoms with Gasteiger partial charge in [-0.2, -0.15) is 0 Å². The molecular formula is C20H16ClNO5. The van der Waals surface area contributed by atoms with Crippen molar-refractivity contribution in [3.8, 4) is 0 Å². The monoisotopic (exact) mass is 385 g/mol. The van der Waals surface area contributed by atoms with Gasteiger partial charge in [-0.25, -0.2) is 9.69 Å². The van der Waals surface area contributed by atoms with Crippen LogP contribution in [0.5, 0.6) is 0 Å². The van der Waals surface area contributed by atoms with E-state index in [2.05, 4.69) is 0 Å². The summed E-state index contributed by atoms with van der Waals surface area (Å²) in [4.78, 5) is 37.8. The summed E-state index contributed by atoms with van der Waals surface area (Å²) in [6, 6.07) is 11.8. The molecule has 0 saturated heterocycles. The molecule has 2 aromatic carbocycles. The first kappa shape index (κ1) is 18.7. The van der Waals surface area contributed by atoms with Crippen LogP contribution in [-0.2, 0) is 14.3 Å². The fraction of sp³-hybridized carbons (Fsp3) is 0.150. The molecule has 6 nitrogen and oxygen atoms in total. The zero-order chi connectivity index (χ0) is 19.7. The molecule has 2 aromatic rings. The number of rotatable bonds is 4. The normalized spacial score (nSPS) is 14.8. The Hall–Kier alpha value is -3.12. The minimum atomic E-state index is -1.15. The average molecular weight is 386 g/mol. The molecular weight excluding hydrogens is 370 g/mol. The van der Waals surface area contributed by atoms with Gasteiger partial charge < -0.3 is 9.84 Å². The fourth-order valence-electron chi connectivity index (χ4n) is 3.19. The number of amides is 2. The van der Waals surface area contributed by atoms with Crippen LogP contribution in [0.15, 0.2) is 42.5 Å². The number of fused-ring (bicyclic) bond motifs is 1. The maximum absolute atomic E-state index is 13.1. The molecule has 1 heterocycles. The molecule has 0 aromatic heterocycles. The lowest BCUT2D eigenvalue weighted by molar-refractivity contribution is -0.122. The number of hydrogen-bond acceptors (Lipinski definition) is 4. The van der Waals surface area contributed by atoms with E-state index in [1.165, 1.54) is 19.2 Å². The van der Waals surface area contributed by atoms with Gasteiger partial charge in [-0.05, 0) is 24.6 Å². The minimum absolute atomic E-state index is 0.0219. The number of anilines is 1. The topological polar surface area (TPSA) is 83.9 Å². The Morgan fingerprint density at radius 1 is 1.15 bits per heavy atom. The highest BCUT2D eigenvalue weighted by atomic mass is 35.5. The van der Waals surface area contributed by atoms with E-state index in [-0.39, 0.29) is 16.8 Å². The molecule has 0 atom stereocenters. The molecule has 0 bridgehead atoms. The maximum Gasteiger partial charge on any atom is 0.335 e. The van der Waals surface area contributed by atoms with Gasteiger partial charge in [0, 0.05) is 11.1 Å². The second-order valence-electron chi connectivity index (χ2n) is 5.93. The number of halogens is 1. The number of aryl methyl sites for hydroxylation is 1. The lowest BCUT2D eigenvalue weighted by Crippen LogP contribution is -2.34. The summed E-state index contributed by atoms with van der Waals surface area (Å²) < 4.78 is 5.51. The van der Waals surface area contributed by atoms with E-state index in [0.717, 1.165) is 4.90 Å². The summed E-state index contributed by atoms with van der Waals surface area (Å²) >= 11 is 5.68. The summed E-state index contributed by atoms with van der Waals surface area (Å²) in [6.45, 7) is 1.69. The van der Waals surface area contributed by atoms with Crippen molar-refractivity contribution in [2.75, 3.05) is 17.9 Å². The molecule has 0 radical (unpaired) electrons. The molecule has 7 heteroatoms. The van der Waals surface area contributed by atoms with Crippen molar-refractivity contribution in [3.05, 3.63) is 64.7 Å². The second-order valence-corrected chi connectivity index (χ2v) is 6.20. The van der Waals surface area contributed by atoms with Crippen LogP contribution in [0.1, 0.15) is 27.0 Å². The Kier molecular flexibility index (Phi) is 5.01. The van der Waals surface area contributed by atoms with Gasteiger partial charge in [-0.1, -0.05) is 30.3 Å². The molecule has 1 aliphatic heterocycles. The number of carbonyl (C=O) groups is 3. The summed E-state index contributed by atoms with van der Waals surface area (Å²) in [5, 5.41) is 9.34. The van der Waals surface area contributed by atoms with Crippen molar-refractivity contribution >= 4 is 46.4 Å². The van der Waals surface area contributed by atoms with Crippen LogP contribution in [0.2, 0.25) is 0 Å². The van der Waals surface area contributed by atoms with Crippen molar-refractivity contribution in [2.24, 2.45) is 0 Å². The Bertz CT molecular complexity index is 981. The van der Waals surface area contributed by atoms with Crippen molar-refractivity contribution in [2.45, 2.75) is 6.92 Å². The van der Waals surface area contributed by atoms with Gasteiger partial charge >= 0.3 is 5.97 Å². The van der Waals surface area contributed by atoms with Gasteiger partial charge in [-0.3, -0.25) is 9.59 Å². The number of ether oxygens (including phenoxy) is 1. The van der Waals surface area contributed by atoms with E-state index in [0.29, 0.717) is 22.4 Å². The predicted molar refractivity (Wildman–Crippen MR) is 102 cm³/mol. The van der Waals surface area contributed by atoms with E-state index in [4.69, 9.17) is 16.3 Å². The van der Waals surface area contributed by atoms with Crippen LogP contribution in [0, 0.1) is 6.92 Å². The third-order valence-corrected chi connectivity index (χ3v) is 4.53. The average Bonchev–Trinajstić information content (AvgIpc) is 2.95. The van der Waals surface area contributed by atoms with Crippen molar-refractivity contribution in [1.29, 1.82) is 0 Å². The molecule has 2 amide bonds. The van der Waals surface area contributed by atoms with Gasteiger partial charge in [0.15, 0.2) is 0 Å². The Labute approximate surface area is 160 Å². The smallest absolute Gasteiger partial charge is 0.335 e. The van der Waals surface area contributed by atoms with Gasteiger partial charge in [0.2, 0.25) is 5.91 Å². The first-order valence-corrected chi connectivity index (χ1v) is 8.59.